The molecule has 3 aliphatic heterocycles. The Labute approximate surface area is 177 Å². The maximum absolute atomic E-state index is 12.5. The van der Waals surface area contributed by atoms with Crippen LogP contribution in [0, 0.1) is 11.8 Å². The van der Waals surface area contributed by atoms with Gasteiger partial charge < -0.3 is 19.5 Å². The largest absolute Gasteiger partial charge is 0.462 e. The summed E-state index contributed by atoms with van der Waals surface area (Å²) in [6, 6.07) is 0. The number of carbonyl (C=O) groups excluding carboxylic acids is 4. The van der Waals surface area contributed by atoms with Crippen molar-refractivity contribution in [3.63, 3.8) is 0 Å². The Kier molecular flexibility index (Phi) is 6.75. The summed E-state index contributed by atoms with van der Waals surface area (Å²) in [5.41, 5.74) is 0. The lowest BCUT2D eigenvalue weighted by Gasteiger charge is -2.17. The van der Waals surface area contributed by atoms with Crippen LogP contribution in [0.15, 0.2) is 12.2 Å². The number of fused-ring (bicyclic) bond motifs is 5. The predicted molar refractivity (Wildman–Crippen MR) is 104 cm³/mol. The van der Waals surface area contributed by atoms with Crippen molar-refractivity contribution in [3.05, 3.63) is 12.2 Å². The number of hydrogen-bond donors (Lipinski definition) is 1. The van der Waals surface area contributed by atoms with Gasteiger partial charge >= 0.3 is 5.97 Å². The number of nitrogens with one attached hydrogen (secondary N) is 1. The van der Waals surface area contributed by atoms with Crippen LogP contribution in [0.4, 0.5) is 0 Å². The maximum Gasteiger partial charge on any atom is 0.322 e. The van der Waals surface area contributed by atoms with E-state index in [1.807, 2.05) is 12.2 Å². The van der Waals surface area contributed by atoms with Crippen LogP contribution in [-0.4, -0.2) is 78.0 Å². The number of likely N-dealkylation sites (tertiary alicyclic amines) is 1. The Bertz CT molecular complexity index is 688. The lowest BCUT2D eigenvalue weighted by atomic mass is 9.85. The first-order chi connectivity index (χ1) is 13.7. The van der Waals surface area contributed by atoms with E-state index in [-0.39, 0.29) is 75.2 Å². The lowest BCUT2D eigenvalue weighted by molar-refractivity contribution is -0.147. The minimum atomic E-state index is -0.735. The highest BCUT2D eigenvalue weighted by Gasteiger charge is 2.60. The zero-order valence-corrected chi connectivity index (χ0v) is 18.0. The summed E-state index contributed by atoms with van der Waals surface area (Å²) < 4.78 is 15.2. The molecule has 2 bridgehead atoms. The number of alkyl halides is 1. The molecule has 2 fully saturated rings. The van der Waals surface area contributed by atoms with Crippen molar-refractivity contribution >= 4 is 39.6 Å². The molecule has 2 saturated heterocycles. The lowest BCUT2D eigenvalue weighted by Crippen LogP contribution is -2.38. The fraction of sp³-hybridized carbons (Fsp3) is 0.684. The fourth-order valence-electron chi connectivity index (χ4n) is 3.62. The molecule has 3 rings (SSSR count). The molecule has 0 radical (unpaired) electrons. The van der Waals surface area contributed by atoms with Gasteiger partial charge in [-0.15, -0.1) is 0 Å². The van der Waals surface area contributed by atoms with Gasteiger partial charge in [0, 0.05) is 19.5 Å². The molecule has 4 atom stereocenters. The highest BCUT2D eigenvalue weighted by atomic mass is 79.9. The summed E-state index contributed by atoms with van der Waals surface area (Å²) in [6.07, 6.45) is 3.05. The third kappa shape index (κ3) is 4.87. The SMILES string of the molecule is CC(C)(Br)C(=O)OCCOCCNC(=O)CCN1C(=O)C2C3C=CC(O3)C2C1=O. The Hall–Kier alpha value is -1.78. The number of hydrogen-bond acceptors (Lipinski definition) is 7. The van der Waals surface area contributed by atoms with E-state index in [4.69, 9.17) is 14.2 Å². The molecular formula is C19H25BrN2O7. The molecule has 10 heteroatoms. The van der Waals surface area contributed by atoms with Gasteiger partial charge in [-0.2, -0.15) is 0 Å². The molecule has 4 unspecified atom stereocenters. The standard InChI is InChI=1S/C19H25BrN2O7/c1-19(2,20)18(26)28-10-9-27-8-6-21-13(23)5-7-22-16(24)14-11-3-4-12(29-11)15(14)17(22)25/h3-4,11-12,14-15H,5-10H2,1-2H3,(H,21,23). The average molecular weight is 473 g/mol. The van der Waals surface area contributed by atoms with E-state index in [9.17, 15) is 19.2 Å². The molecule has 0 saturated carbocycles. The van der Waals surface area contributed by atoms with Crippen molar-refractivity contribution in [1.82, 2.24) is 10.2 Å². The first-order valence-electron chi connectivity index (χ1n) is 9.59. The second-order valence-corrected chi connectivity index (χ2v) is 9.63. The van der Waals surface area contributed by atoms with Crippen LogP contribution in [0.2, 0.25) is 0 Å². The molecule has 3 aliphatic rings. The van der Waals surface area contributed by atoms with Crippen molar-refractivity contribution in [2.45, 2.75) is 36.8 Å². The summed E-state index contributed by atoms with van der Waals surface area (Å²) in [6.45, 7) is 4.35. The molecule has 160 valence electrons. The van der Waals surface area contributed by atoms with Gasteiger partial charge in [-0.3, -0.25) is 24.1 Å². The van der Waals surface area contributed by atoms with Crippen molar-refractivity contribution < 1.29 is 33.4 Å². The van der Waals surface area contributed by atoms with Crippen LogP contribution in [0.3, 0.4) is 0 Å². The van der Waals surface area contributed by atoms with Gasteiger partial charge in [0.15, 0.2) is 0 Å². The Balaban J connectivity index is 1.27. The second-order valence-electron chi connectivity index (χ2n) is 7.65. The van der Waals surface area contributed by atoms with Gasteiger partial charge in [-0.05, 0) is 13.8 Å². The van der Waals surface area contributed by atoms with Gasteiger partial charge in [0.1, 0.15) is 10.9 Å². The molecule has 0 aromatic carbocycles. The molecule has 29 heavy (non-hydrogen) atoms. The zero-order valence-electron chi connectivity index (χ0n) is 16.4. The Morgan fingerprint density at radius 1 is 1.14 bits per heavy atom. The molecule has 1 N–H and O–H groups in total. The summed E-state index contributed by atoms with van der Waals surface area (Å²) in [5, 5.41) is 2.68. The molecule has 3 amide bonds. The molecule has 0 spiro atoms. The van der Waals surface area contributed by atoms with Gasteiger partial charge in [-0.1, -0.05) is 28.1 Å². The van der Waals surface area contributed by atoms with E-state index in [1.165, 1.54) is 4.90 Å². The molecule has 3 heterocycles. The highest BCUT2D eigenvalue weighted by Crippen LogP contribution is 2.44. The monoisotopic (exact) mass is 472 g/mol. The molecule has 0 aromatic heterocycles. The van der Waals surface area contributed by atoms with Gasteiger partial charge in [0.05, 0.1) is 37.3 Å². The number of esters is 1. The van der Waals surface area contributed by atoms with Crippen LogP contribution < -0.4 is 5.32 Å². The van der Waals surface area contributed by atoms with Gasteiger partial charge in [-0.25, -0.2) is 0 Å². The number of carbonyl (C=O) groups is 4. The molecule has 9 nitrogen and oxygen atoms in total. The van der Waals surface area contributed by atoms with Crippen molar-refractivity contribution in [3.8, 4) is 0 Å². The number of nitrogens with zero attached hydrogens (tertiary/aromatic N) is 1. The summed E-state index contributed by atoms with van der Waals surface area (Å²) in [5.74, 6) is -2.05. The first kappa shape index (κ1) is 21.9. The van der Waals surface area contributed by atoms with Crippen molar-refractivity contribution in [1.29, 1.82) is 0 Å². The van der Waals surface area contributed by atoms with E-state index in [0.717, 1.165) is 0 Å². The predicted octanol–water partition coefficient (Wildman–Crippen LogP) is 0.164. The van der Waals surface area contributed by atoms with Gasteiger partial charge in [0.25, 0.3) is 0 Å². The third-order valence-corrected chi connectivity index (χ3v) is 5.40. The first-order valence-corrected chi connectivity index (χ1v) is 10.4. The quantitative estimate of drug-likeness (QED) is 0.158. The zero-order chi connectivity index (χ0) is 21.2. The van der Waals surface area contributed by atoms with Crippen LogP contribution in [0.1, 0.15) is 20.3 Å². The summed E-state index contributed by atoms with van der Waals surface area (Å²) >= 11 is 3.21. The van der Waals surface area contributed by atoms with Crippen molar-refractivity contribution in [2.75, 3.05) is 32.9 Å². The highest BCUT2D eigenvalue weighted by molar-refractivity contribution is 9.10. The maximum atomic E-state index is 12.5. The molecular weight excluding hydrogens is 448 g/mol. The van der Waals surface area contributed by atoms with Gasteiger partial charge in [0.2, 0.25) is 17.7 Å². The van der Waals surface area contributed by atoms with E-state index < -0.39 is 16.2 Å². The van der Waals surface area contributed by atoms with Crippen LogP contribution in [0.25, 0.3) is 0 Å². The summed E-state index contributed by atoms with van der Waals surface area (Å²) in [4.78, 5) is 49.6. The topological polar surface area (TPSA) is 111 Å². The van der Waals surface area contributed by atoms with E-state index in [1.54, 1.807) is 13.8 Å². The smallest absolute Gasteiger partial charge is 0.322 e. The minimum absolute atomic E-state index is 0.0402. The van der Waals surface area contributed by atoms with Crippen LogP contribution in [0.5, 0.6) is 0 Å². The number of ether oxygens (including phenoxy) is 3. The fourth-order valence-corrected chi connectivity index (χ4v) is 3.73. The summed E-state index contributed by atoms with van der Waals surface area (Å²) in [7, 11) is 0. The Morgan fingerprint density at radius 2 is 1.76 bits per heavy atom. The number of imide groups is 1. The average Bonchev–Trinajstić information content (AvgIpc) is 3.33. The second kappa shape index (κ2) is 8.93. The van der Waals surface area contributed by atoms with E-state index >= 15 is 0 Å². The number of rotatable bonds is 10. The number of halogens is 1. The normalized spacial score (nSPS) is 27.5. The van der Waals surface area contributed by atoms with Crippen LogP contribution >= 0.6 is 15.9 Å². The molecule has 0 aromatic rings. The number of amides is 3. The third-order valence-electron chi connectivity index (χ3n) is 5.08. The Morgan fingerprint density at radius 3 is 2.34 bits per heavy atom. The van der Waals surface area contributed by atoms with E-state index in [2.05, 4.69) is 21.2 Å². The van der Waals surface area contributed by atoms with Crippen molar-refractivity contribution in [2.24, 2.45) is 11.8 Å². The molecule has 0 aliphatic carbocycles. The minimum Gasteiger partial charge on any atom is -0.462 e. The van der Waals surface area contributed by atoms with Crippen LogP contribution in [-0.2, 0) is 33.4 Å². The van der Waals surface area contributed by atoms with E-state index in [0.29, 0.717) is 0 Å².